The summed E-state index contributed by atoms with van der Waals surface area (Å²) in [5.41, 5.74) is 22.5. The Labute approximate surface area is 455 Å². The summed E-state index contributed by atoms with van der Waals surface area (Å²) in [6, 6.07) is 64.3. The Balaban J connectivity index is 0.00000706. The van der Waals surface area contributed by atoms with Crippen LogP contribution in [0.2, 0.25) is 0 Å². The summed E-state index contributed by atoms with van der Waals surface area (Å²) >= 11 is 0. The fraction of sp³-hybridized carbons (Fsp3) is 0.0704. The molecule has 0 N–H and O–H groups in total. The maximum Gasteiger partial charge on any atom is 0.164 e. The Kier molecular flexibility index (Phi) is 16.3. The minimum absolute atomic E-state index is 0. The molecule has 76 heavy (non-hydrogen) atoms. The molecule has 9 aromatic rings. The predicted octanol–water partition coefficient (Wildman–Crippen LogP) is 19.4. The highest BCUT2D eigenvalue weighted by Crippen LogP contribution is 2.38. The van der Waals surface area contributed by atoms with Gasteiger partial charge in [-0.15, -0.1) is 6.58 Å². The molecule has 2 heterocycles. The molecule has 1 aliphatic heterocycles. The number of rotatable bonds is 16. The standard InChI is InChI=1S/C71H58N4.H2S/c1-7-12-21-50-26-19-27-68(72-48(50)6)58-42-38-56(39-43-58)62-44-61(45-63(46-62)71-74-69(59-22-15-13-16-23-59)73-70(75-71)60-24-17-14-18-25-60)55-34-32-53(33-35-55)51-28-30-52(31-29-51)54-36-40-57(41-37-54)67-47-49(9-3)64(10-4)65(11-5)66(67)20-8-2;/h7-11,13-18,20,22-47H,1,3-5,12,19,21H2,2,6H3;1H2/b20-8-;. The molecule has 0 spiro atoms. The maximum absolute atomic E-state index is 5.15. The summed E-state index contributed by atoms with van der Waals surface area (Å²) < 4.78 is 0. The van der Waals surface area contributed by atoms with Gasteiger partial charge in [-0.2, -0.15) is 13.5 Å². The van der Waals surface area contributed by atoms with Crippen LogP contribution in [0.3, 0.4) is 0 Å². The molecule has 0 aliphatic carbocycles. The number of hydrogen-bond acceptors (Lipinski definition) is 4. The molecule has 0 unspecified atom stereocenters. The highest BCUT2D eigenvalue weighted by atomic mass is 32.1. The largest absolute Gasteiger partial charge is 0.253 e. The van der Waals surface area contributed by atoms with Crippen LogP contribution < -0.4 is 0 Å². The zero-order valence-electron chi connectivity index (χ0n) is 43.2. The Morgan fingerprint density at radius 1 is 0.434 bits per heavy atom. The number of aromatic nitrogens is 3. The average molecular weight is 1000 g/mol. The fourth-order valence-corrected chi connectivity index (χ4v) is 9.85. The molecular weight excluding hydrogens is 941 g/mol. The predicted molar refractivity (Wildman–Crippen MR) is 332 cm³/mol. The third kappa shape index (κ3) is 11.2. The van der Waals surface area contributed by atoms with Gasteiger partial charge in [-0.3, -0.25) is 4.99 Å². The van der Waals surface area contributed by atoms with E-state index in [-0.39, 0.29) is 13.5 Å². The Hall–Kier alpha value is -9.03. The smallest absolute Gasteiger partial charge is 0.164 e. The minimum Gasteiger partial charge on any atom is -0.253 e. The summed E-state index contributed by atoms with van der Waals surface area (Å²) in [6.45, 7) is 20.4. The summed E-state index contributed by atoms with van der Waals surface area (Å²) in [5.74, 6) is 1.85. The molecule has 1 aromatic heterocycles. The van der Waals surface area contributed by atoms with E-state index in [1.54, 1.807) is 0 Å². The van der Waals surface area contributed by atoms with Crippen molar-refractivity contribution in [1.29, 1.82) is 0 Å². The van der Waals surface area contributed by atoms with Gasteiger partial charge in [0.05, 0.1) is 5.70 Å². The number of hydrogen-bond donors (Lipinski definition) is 0. The lowest BCUT2D eigenvalue weighted by Gasteiger charge is -2.16. The molecule has 0 radical (unpaired) electrons. The zero-order valence-corrected chi connectivity index (χ0v) is 44.2. The highest BCUT2D eigenvalue weighted by Gasteiger charge is 2.17. The molecule has 0 saturated heterocycles. The first-order valence-corrected chi connectivity index (χ1v) is 25.6. The summed E-state index contributed by atoms with van der Waals surface area (Å²) in [7, 11) is 0. The molecule has 0 saturated carbocycles. The van der Waals surface area contributed by atoms with E-state index in [2.05, 4.69) is 179 Å². The second-order valence-corrected chi connectivity index (χ2v) is 18.6. The van der Waals surface area contributed by atoms with Gasteiger partial charge in [-0.25, -0.2) is 15.0 Å². The van der Waals surface area contributed by atoms with Gasteiger partial charge in [-0.05, 0) is 146 Å². The van der Waals surface area contributed by atoms with Crippen molar-refractivity contribution in [2.24, 2.45) is 4.99 Å². The third-order valence-corrected chi connectivity index (χ3v) is 13.9. The Morgan fingerprint density at radius 2 is 0.868 bits per heavy atom. The van der Waals surface area contributed by atoms with Gasteiger partial charge >= 0.3 is 0 Å². The van der Waals surface area contributed by atoms with Gasteiger partial charge in [0.25, 0.3) is 0 Å². The van der Waals surface area contributed by atoms with Crippen LogP contribution in [0.1, 0.15) is 60.9 Å². The van der Waals surface area contributed by atoms with Crippen molar-refractivity contribution < 1.29 is 0 Å². The van der Waals surface area contributed by atoms with Gasteiger partial charge in [-0.1, -0.05) is 226 Å². The molecule has 0 amide bonds. The van der Waals surface area contributed by atoms with Crippen LogP contribution in [0.15, 0.2) is 243 Å². The molecule has 10 rings (SSSR count). The van der Waals surface area contributed by atoms with E-state index < -0.39 is 0 Å². The Bertz CT molecular complexity index is 3650. The summed E-state index contributed by atoms with van der Waals surface area (Å²) in [4.78, 5) is 20.4. The van der Waals surface area contributed by atoms with Crippen molar-refractivity contribution in [3.05, 3.63) is 266 Å². The summed E-state index contributed by atoms with van der Waals surface area (Å²) in [6.07, 6.45) is 19.1. The van der Waals surface area contributed by atoms with E-state index in [4.69, 9.17) is 19.9 Å². The number of benzene rings is 8. The monoisotopic (exact) mass is 1000 g/mol. The van der Waals surface area contributed by atoms with Gasteiger partial charge in [0, 0.05) is 22.4 Å². The number of aliphatic imine (C=N–C) groups is 1. The molecule has 370 valence electrons. The van der Waals surface area contributed by atoms with E-state index in [9.17, 15) is 0 Å². The number of nitrogens with zero attached hydrogens (tertiary/aromatic N) is 4. The molecule has 0 bridgehead atoms. The lowest BCUT2D eigenvalue weighted by atomic mass is 9.87. The molecule has 0 fully saturated rings. The van der Waals surface area contributed by atoms with E-state index in [0.29, 0.717) is 17.5 Å². The van der Waals surface area contributed by atoms with Gasteiger partial charge in [0.15, 0.2) is 17.5 Å². The van der Waals surface area contributed by atoms with E-state index in [1.165, 1.54) is 5.57 Å². The molecular formula is C71H60N4S. The first kappa shape index (κ1) is 51.9. The van der Waals surface area contributed by atoms with Crippen LogP contribution in [0.4, 0.5) is 0 Å². The lowest BCUT2D eigenvalue weighted by Crippen LogP contribution is -2.00. The SMILES string of the molecule is C=CCCC1=CCC=C(c2ccc(-c3cc(-c4ccc(-c5ccc(-c6ccc(-c7cc(C=C)c(C=C)c(C=C)c7/C=C\C)cc6)cc5)cc4)cc(-c4nc(-c5ccccc5)nc(-c5ccccc5)n4)c3)cc2)N=C1C.S. The van der Waals surface area contributed by atoms with E-state index in [1.807, 2.05) is 91.9 Å². The Morgan fingerprint density at radius 3 is 1.32 bits per heavy atom. The van der Waals surface area contributed by atoms with Crippen LogP contribution in [0, 0.1) is 0 Å². The summed E-state index contributed by atoms with van der Waals surface area (Å²) in [5, 5.41) is 0. The van der Waals surface area contributed by atoms with Gasteiger partial charge < -0.3 is 0 Å². The van der Waals surface area contributed by atoms with E-state index in [0.717, 1.165) is 131 Å². The van der Waals surface area contributed by atoms with Crippen LogP contribution >= 0.6 is 13.5 Å². The minimum atomic E-state index is 0. The van der Waals surface area contributed by atoms with Crippen molar-refractivity contribution in [3.63, 3.8) is 0 Å². The van der Waals surface area contributed by atoms with Gasteiger partial charge in [0.1, 0.15) is 0 Å². The molecule has 5 heteroatoms. The maximum atomic E-state index is 5.15. The van der Waals surface area contributed by atoms with Crippen molar-refractivity contribution in [2.75, 3.05) is 0 Å². The quantitative estimate of drug-likeness (QED) is 0.0907. The van der Waals surface area contributed by atoms with Crippen molar-refractivity contribution in [3.8, 4) is 89.8 Å². The van der Waals surface area contributed by atoms with Crippen molar-refractivity contribution in [2.45, 2.75) is 33.1 Å². The number of allylic oxidation sites excluding steroid dienone is 5. The first-order chi connectivity index (χ1) is 36.8. The van der Waals surface area contributed by atoms with E-state index >= 15 is 0 Å². The first-order valence-electron chi connectivity index (χ1n) is 25.6. The lowest BCUT2D eigenvalue weighted by molar-refractivity contribution is 1.01. The van der Waals surface area contributed by atoms with Gasteiger partial charge in [0.2, 0.25) is 0 Å². The molecule has 8 aromatic carbocycles. The van der Waals surface area contributed by atoms with Crippen molar-refractivity contribution in [1.82, 2.24) is 15.0 Å². The molecule has 1 aliphatic rings. The third-order valence-electron chi connectivity index (χ3n) is 13.9. The van der Waals surface area contributed by atoms with Crippen LogP contribution in [-0.2, 0) is 0 Å². The molecule has 4 nitrogen and oxygen atoms in total. The average Bonchev–Trinajstić information content (AvgIpc) is 3.67. The van der Waals surface area contributed by atoms with Crippen LogP contribution in [0.5, 0.6) is 0 Å². The molecule has 0 atom stereocenters. The van der Waals surface area contributed by atoms with Crippen LogP contribution in [0.25, 0.3) is 120 Å². The normalized spacial score (nSPS) is 12.2. The second-order valence-electron chi connectivity index (χ2n) is 18.6. The topological polar surface area (TPSA) is 51.0 Å². The highest BCUT2D eigenvalue weighted by molar-refractivity contribution is 7.59. The second kappa shape index (κ2) is 23.9. The fourth-order valence-electron chi connectivity index (χ4n) is 9.85. The zero-order chi connectivity index (χ0) is 51.7. The van der Waals surface area contributed by atoms with Crippen LogP contribution in [-0.4, -0.2) is 20.7 Å². The van der Waals surface area contributed by atoms with Crippen molar-refractivity contribution >= 4 is 49.2 Å².